The average Bonchev–Trinajstić information content (AvgIpc) is 2.31. The Morgan fingerprint density at radius 1 is 0.944 bits per heavy atom. The predicted molar refractivity (Wildman–Crippen MR) is 68.2 cm³/mol. The second-order valence-electron chi connectivity index (χ2n) is 3.61. The predicted octanol–water partition coefficient (Wildman–Crippen LogP) is 4.19. The van der Waals surface area contributed by atoms with Crippen LogP contribution in [-0.2, 0) is 0 Å². The molecule has 0 fully saturated rings. The van der Waals surface area contributed by atoms with Crippen LogP contribution in [0.15, 0.2) is 34.8 Å². The molecule has 0 atom stereocenters. The van der Waals surface area contributed by atoms with Crippen LogP contribution in [-0.4, -0.2) is 0 Å². The van der Waals surface area contributed by atoms with Crippen LogP contribution in [0.1, 0.15) is 0 Å². The van der Waals surface area contributed by atoms with E-state index in [2.05, 4.69) is 21.2 Å². The van der Waals surface area contributed by atoms with Gasteiger partial charge in [0.2, 0.25) is 0 Å². The fourth-order valence-corrected chi connectivity index (χ4v) is 1.76. The molecule has 0 spiro atoms. The third-order valence-electron chi connectivity index (χ3n) is 2.29. The lowest BCUT2D eigenvalue weighted by Gasteiger charge is -2.10. The summed E-state index contributed by atoms with van der Waals surface area (Å²) in [6, 6.07) is 5.83. The SMILES string of the molecule is Nc1cc(Br)c(F)cc1Nc1ccc(F)c(F)c1. The van der Waals surface area contributed by atoms with Crippen molar-refractivity contribution in [2.45, 2.75) is 0 Å². The molecule has 3 N–H and O–H groups in total. The number of halogens is 4. The summed E-state index contributed by atoms with van der Waals surface area (Å²) in [5.74, 6) is -2.44. The highest BCUT2D eigenvalue weighted by molar-refractivity contribution is 9.10. The molecule has 2 nitrogen and oxygen atoms in total. The summed E-state index contributed by atoms with van der Waals surface area (Å²) in [6.07, 6.45) is 0. The smallest absolute Gasteiger partial charge is 0.160 e. The van der Waals surface area contributed by atoms with Crippen molar-refractivity contribution in [1.82, 2.24) is 0 Å². The average molecular weight is 317 g/mol. The third kappa shape index (κ3) is 2.59. The number of rotatable bonds is 2. The van der Waals surface area contributed by atoms with Crippen LogP contribution in [0.4, 0.5) is 30.2 Å². The van der Waals surface area contributed by atoms with E-state index in [1.165, 1.54) is 18.2 Å². The number of hydrogen-bond donors (Lipinski definition) is 2. The van der Waals surface area contributed by atoms with E-state index < -0.39 is 17.5 Å². The zero-order chi connectivity index (χ0) is 13.3. The highest BCUT2D eigenvalue weighted by atomic mass is 79.9. The van der Waals surface area contributed by atoms with Gasteiger partial charge in [-0.25, -0.2) is 13.2 Å². The van der Waals surface area contributed by atoms with Gasteiger partial charge in [-0.2, -0.15) is 0 Å². The summed E-state index contributed by atoms with van der Waals surface area (Å²) < 4.78 is 39.3. The first-order valence-electron chi connectivity index (χ1n) is 4.94. The van der Waals surface area contributed by atoms with Crippen LogP contribution in [0.5, 0.6) is 0 Å². The first-order chi connectivity index (χ1) is 8.47. The monoisotopic (exact) mass is 316 g/mol. The van der Waals surface area contributed by atoms with Crippen LogP contribution < -0.4 is 11.1 Å². The molecule has 18 heavy (non-hydrogen) atoms. The molecule has 0 heterocycles. The molecule has 94 valence electrons. The Morgan fingerprint density at radius 2 is 1.67 bits per heavy atom. The minimum absolute atomic E-state index is 0.232. The molecule has 2 rings (SSSR count). The van der Waals surface area contributed by atoms with Crippen molar-refractivity contribution in [3.8, 4) is 0 Å². The van der Waals surface area contributed by atoms with E-state index in [1.54, 1.807) is 0 Å². The fraction of sp³-hybridized carbons (Fsp3) is 0. The van der Waals surface area contributed by atoms with E-state index in [0.717, 1.165) is 12.1 Å². The summed E-state index contributed by atoms with van der Waals surface area (Å²) in [5.41, 5.74) is 6.52. The summed E-state index contributed by atoms with van der Waals surface area (Å²) in [7, 11) is 0. The first-order valence-corrected chi connectivity index (χ1v) is 5.73. The molecule has 0 saturated carbocycles. The Morgan fingerprint density at radius 3 is 2.33 bits per heavy atom. The number of nitrogens with one attached hydrogen (secondary N) is 1. The van der Waals surface area contributed by atoms with Gasteiger partial charge < -0.3 is 11.1 Å². The van der Waals surface area contributed by atoms with Crippen LogP contribution in [0, 0.1) is 17.5 Å². The topological polar surface area (TPSA) is 38.0 Å². The van der Waals surface area contributed by atoms with Gasteiger partial charge in [0, 0.05) is 17.8 Å². The molecular formula is C12H8BrF3N2. The van der Waals surface area contributed by atoms with Crippen LogP contribution >= 0.6 is 15.9 Å². The van der Waals surface area contributed by atoms with Gasteiger partial charge in [-0.15, -0.1) is 0 Å². The Labute approximate surface area is 110 Å². The van der Waals surface area contributed by atoms with E-state index in [-0.39, 0.29) is 21.5 Å². The zero-order valence-electron chi connectivity index (χ0n) is 8.98. The molecule has 0 amide bonds. The van der Waals surface area contributed by atoms with Crippen molar-refractivity contribution in [3.63, 3.8) is 0 Å². The normalized spacial score (nSPS) is 10.4. The van der Waals surface area contributed by atoms with E-state index in [9.17, 15) is 13.2 Å². The van der Waals surface area contributed by atoms with E-state index in [4.69, 9.17) is 5.73 Å². The second-order valence-corrected chi connectivity index (χ2v) is 4.46. The molecule has 0 aliphatic rings. The second kappa shape index (κ2) is 4.89. The minimum atomic E-state index is -0.990. The molecule has 2 aromatic carbocycles. The minimum Gasteiger partial charge on any atom is -0.397 e. The van der Waals surface area contributed by atoms with Gasteiger partial charge in [0.25, 0.3) is 0 Å². The molecule has 0 aliphatic carbocycles. The Bertz CT molecular complexity index is 602. The quantitative estimate of drug-likeness (QED) is 0.815. The van der Waals surface area contributed by atoms with Gasteiger partial charge in [-0.05, 0) is 34.1 Å². The highest BCUT2D eigenvalue weighted by Gasteiger charge is 2.08. The summed E-state index contributed by atoms with van der Waals surface area (Å²) >= 11 is 2.99. The molecule has 2 aromatic rings. The molecule has 0 aliphatic heterocycles. The molecule has 0 bridgehead atoms. The van der Waals surface area contributed by atoms with Crippen molar-refractivity contribution in [2.75, 3.05) is 11.1 Å². The van der Waals surface area contributed by atoms with E-state index in [1.807, 2.05) is 0 Å². The molecule has 0 radical (unpaired) electrons. The maximum atomic E-state index is 13.3. The van der Waals surface area contributed by atoms with E-state index >= 15 is 0 Å². The van der Waals surface area contributed by atoms with Crippen molar-refractivity contribution < 1.29 is 13.2 Å². The van der Waals surface area contributed by atoms with Gasteiger partial charge in [0.15, 0.2) is 11.6 Å². The van der Waals surface area contributed by atoms with Gasteiger partial charge in [0.05, 0.1) is 15.8 Å². The van der Waals surface area contributed by atoms with Gasteiger partial charge in [-0.1, -0.05) is 0 Å². The largest absolute Gasteiger partial charge is 0.397 e. The summed E-state index contributed by atoms with van der Waals surface area (Å²) in [5, 5.41) is 2.72. The number of anilines is 3. The fourth-order valence-electron chi connectivity index (χ4n) is 1.40. The lowest BCUT2D eigenvalue weighted by atomic mass is 10.2. The molecule has 0 aromatic heterocycles. The van der Waals surface area contributed by atoms with Crippen LogP contribution in [0.25, 0.3) is 0 Å². The number of hydrogen-bond acceptors (Lipinski definition) is 2. The van der Waals surface area contributed by atoms with E-state index in [0.29, 0.717) is 0 Å². The zero-order valence-corrected chi connectivity index (χ0v) is 10.6. The van der Waals surface area contributed by atoms with Crippen molar-refractivity contribution in [1.29, 1.82) is 0 Å². The molecule has 0 unspecified atom stereocenters. The molecular weight excluding hydrogens is 309 g/mol. The number of nitrogen functional groups attached to an aromatic ring is 1. The maximum absolute atomic E-state index is 13.3. The van der Waals surface area contributed by atoms with Gasteiger partial charge in [-0.3, -0.25) is 0 Å². The Hall–Kier alpha value is -1.69. The highest BCUT2D eigenvalue weighted by Crippen LogP contribution is 2.29. The van der Waals surface area contributed by atoms with Gasteiger partial charge >= 0.3 is 0 Å². The first kappa shape index (κ1) is 12.8. The molecule has 0 saturated heterocycles. The van der Waals surface area contributed by atoms with Crippen LogP contribution in [0.3, 0.4) is 0 Å². The lowest BCUT2D eigenvalue weighted by molar-refractivity contribution is 0.509. The van der Waals surface area contributed by atoms with Crippen molar-refractivity contribution in [3.05, 3.63) is 52.3 Å². The maximum Gasteiger partial charge on any atom is 0.160 e. The summed E-state index contributed by atoms with van der Waals surface area (Å²) in [6.45, 7) is 0. The number of nitrogens with two attached hydrogens (primary N) is 1. The molecule has 6 heteroatoms. The Balaban J connectivity index is 2.34. The van der Waals surface area contributed by atoms with Crippen LogP contribution in [0.2, 0.25) is 0 Å². The van der Waals surface area contributed by atoms with Gasteiger partial charge in [0.1, 0.15) is 5.82 Å². The third-order valence-corrected chi connectivity index (χ3v) is 2.90. The summed E-state index contributed by atoms with van der Waals surface area (Å²) in [4.78, 5) is 0. The van der Waals surface area contributed by atoms with Crippen molar-refractivity contribution in [2.24, 2.45) is 0 Å². The Kier molecular flexibility index (Phi) is 3.47. The van der Waals surface area contributed by atoms with Crippen molar-refractivity contribution >= 4 is 33.0 Å². The standard InChI is InChI=1S/C12H8BrF3N2/c13-7-4-11(17)12(5-9(7)15)18-6-1-2-8(14)10(16)3-6/h1-5,18H,17H2. The lowest BCUT2D eigenvalue weighted by Crippen LogP contribution is -1.98. The number of benzene rings is 2.